The van der Waals surface area contributed by atoms with Crippen molar-refractivity contribution in [3.05, 3.63) is 27.8 Å². The van der Waals surface area contributed by atoms with Gasteiger partial charge in [0, 0.05) is 16.5 Å². The topological polar surface area (TPSA) is 61.5 Å². The number of rotatable bonds is 0. The van der Waals surface area contributed by atoms with Crippen LogP contribution in [-0.4, -0.2) is 15.2 Å². The van der Waals surface area contributed by atoms with Crippen molar-refractivity contribution in [1.29, 1.82) is 0 Å². The van der Waals surface area contributed by atoms with Crippen LogP contribution in [0.2, 0.25) is 0 Å². The average Bonchev–Trinajstić information content (AvgIpc) is 2.59. The second kappa shape index (κ2) is 3.70. The number of fused-ring (bicyclic) bond motifs is 1. The standard InChI is InChI=1S/C14H21N3O/c1-13(2,3)9-7-8-10(12(18)15-9)11(17-16-8)14(4,5)6/h7H,1-6H3,(H,15,18)(H,16,17). The van der Waals surface area contributed by atoms with Gasteiger partial charge < -0.3 is 4.98 Å². The quantitative estimate of drug-likeness (QED) is 0.752. The van der Waals surface area contributed by atoms with E-state index < -0.39 is 0 Å². The Morgan fingerprint density at radius 1 is 1.06 bits per heavy atom. The van der Waals surface area contributed by atoms with Crippen molar-refractivity contribution in [2.45, 2.75) is 52.4 Å². The van der Waals surface area contributed by atoms with Crippen molar-refractivity contribution in [3.8, 4) is 0 Å². The first-order chi connectivity index (χ1) is 8.10. The van der Waals surface area contributed by atoms with Crippen molar-refractivity contribution in [2.75, 3.05) is 0 Å². The molecule has 0 saturated heterocycles. The minimum atomic E-state index is -0.144. The summed E-state index contributed by atoms with van der Waals surface area (Å²) in [6.07, 6.45) is 0. The summed E-state index contributed by atoms with van der Waals surface area (Å²) < 4.78 is 0. The average molecular weight is 247 g/mol. The van der Waals surface area contributed by atoms with E-state index in [1.54, 1.807) is 0 Å². The molecule has 0 aliphatic carbocycles. The molecule has 2 heterocycles. The molecule has 0 unspecified atom stereocenters. The van der Waals surface area contributed by atoms with E-state index in [1.807, 2.05) is 6.07 Å². The molecule has 2 aromatic rings. The zero-order valence-corrected chi connectivity index (χ0v) is 11.9. The Labute approximate surface area is 107 Å². The molecule has 4 nitrogen and oxygen atoms in total. The van der Waals surface area contributed by atoms with Crippen molar-refractivity contribution in [3.63, 3.8) is 0 Å². The molecule has 2 N–H and O–H groups in total. The zero-order chi connectivity index (χ0) is 13.7. The highest BCUT2D eigenvalue weighted by atomic mass is 16.1. The number of pyridine rings is 1. The van der Waals surface area contributed by atoms with E-state index in [0.717, 1.165) is 16.9 Å². The van der Waals surface area contributed by atoms with Crippen LogP contribution in [0, 0.1) is 0 Å². The van der Waals surface area contributed by atoms with Gasteiger partial charge in [-0.15, -0.1) is 0 Å². The molecule has 4 heteroatoms. The third-order valence-electron chi connectivity index (χ3n) is 3.08. The maximum atomic E-state index is 12.3. The molecule has 0 atom stereocenters. The molecule has 0 aliphatic heterocycles. The number of nitrogens with zero attached hydrogens (tertiary/aromatic N) is 1. The fourth-order valence-corrected chi connectivity index (χ4v) is 2.00. The fourth-order valence-electron chi connectivity index (χ4n) is 2.00. The maximum absolute atomic E-state index is 12.3. The molecule has 2 rings (SSSR count). The maximum Gasteiger partial charge on any atom is 0.259 e. The van der Waals surface area contributed by atoms with Gasteiger partial charge in [-0.05, 0) is 6.07 Å². The molecule has 0 fully saturated rings. The normalized spacial score (nSPS) is 13.2. The summed E-state index contributed by atoms with van der Waals surface area (Å²) >= 11 is 0. The number of nitrogens with one attached hydrogen (secondary N) is 2. The van der Waals surface area contributed by atoms with E-state index in [0.29, 0.717) is 5.39 Å². The number of hydrogen-bond acceptors (Lipinski definition) is 2. The van der Waals surface area contributed by atoms with Crippen LogP contribution in [0.1, 0.15) is 52.9 Å². The Hall–Kier alpha value is -1.58. The molecule has 0 spiro atoms. The number of H-pyrrole nitrogens is 2. The van der Waals surface area contributed by atoms with Crippen LogP contribution in [0.25, 0.3) is 10.9 Å². The highest BCUT2D eigenvalue weighted by Crippen LogP contribution is 2.27. The predicted octanol–water partition coefficient (Wildman–Crippen LogP) is 2.85. The summed E-state index contributed by atoms with van der Waals surface area (Å²) in [5.74, 6) is 0. The highest BCUT2D eigenvalue weighted by molar-refractivity contribution is 5.81. The number of aromatic amines is 2. The second-order valence-electron chi connectivity index (χ2n) is 6.87. The molecular formula is C14H21N3O. The van der Waals surface area contributed by atoms with Gasteiger partial charge in [-0.1, -0.05) is 41.5 Å². The van der Waals surface area contributed by atoms with E-state index in [2.05, 4.69) is 56.7 Å². The van der Waals surface area contributed by atoms with Crippen molar-refractivity contribution in [1.82, 2.24) is 15.2 Å². The summed E-state index contributed by atoms with van der Waals surface area (Å²) in [7, 11) is 0. The van der Waals surface area contributed by atoms with Crippen LogP contribution in [0.15, 0.2) is 10.9 Å². The van der Waals surface area contributed by atoms with Crippen molar-refractivity contribution >= 4 is 10.9 Å². The van der Waals surface area contributed by atoms with Gasteiger partial charge in [0.15, 0.2) is 0 Å². The first-order valence-corrected chi connectivity index (χ1v) is 6.23. The fraction of sp³-hybridized carbons (Fsp3) is 0.571. The Morgan fingerprint density at radius 3 is 2.17 bits per heavy atom. The molecule has 98 valence electrons. The van der Waals surface area contributed by atoms with Gasteiger partial charge in [-0.2, -0.15) is 5.10 Å². The molecule has 2 aromatic heterocycles. The van der Waals surface area contributed by atoms with E-state index >= 15 is 0 Å². The van der Waals surface area contributed by atoms with Crippen molar-refractivity contribution in [2.24, 2.45) is 0 Å². The lowest BCUT2D eigenvalue weighted by atomic mass is 9.88. The van der Waals surface area contributed by atoms with Crippen LogP contribution in [0.3, 0.4) is 0 Å². The second-order valence-corrected chi connectivity index (χ2v) is 6.87. The molecule has 0 saturated carbocycles. The van der Waals surface area contributed by atoms with Gasteiger partial charge in [0.2, 0.25) is 0 Å². The van der Waals surface area contributed by atoms with Gasteiger partial charge in [-0.25, -0.2) is 0 Å². The Balaban J connectivity index is 2.77. The first-order valence-electron chi connectivity index (χ1n) is 6.23. The summed E-state index contributed by atoms with van der Waals surface area (Å²) in [6.45, 7) is 12.4. The lowest BCUT2D eigenvalue weighted by Crippen LogP contribution is -2.21. The summed E-state index contributed by atoms with van der Waals surface area (Å²) in [4.78, 5) is 15.2. The third kappa shape index (κ3) is 2.07. The molecular weight excluding hydrogens is 226 g/mol. The first kappa shape index (κ1) is 12.9. The monoisotopic (exact) mass is 247 g/mol. The molecule has 0 bridgehead atoms. The summed E-state index contributed by atoms with van der Waals surface area (Å²) in [6, 6.07) is 1.99. The predicted molar refractivity (Wildman–Crippen MR) is 74.1 cm³/mol. The molecule has 0 aliphatic rings. The SMILES string of the molecule is CC(C)(C)c1cc2[nH]nc(C(C)(C)C)c2c(=O)[nH]1. The van der Waals surface area contributed by atoms with Gasteiger partial charge >= 0.3 is 0 Å². The Morgan fingerprint density at radius 2 is 1.67 bits per heavy atom. The summed E-state index contributed by atoms with van der Waals surface area (Å²) in [5.41, 5.74) is 2.27. The Kier molecular flexibility index (Phi) is 2.65. The van der Waals surface area contributed by atoms with Gasteiger partial charge in [0.25, 0.3) is 5.56 Å². The van der Waals surface area contributed by atoms with Crippen LogP contribution >= 0.6 is 0 Å². The number of aromatic nitrogens is 3. The summed E-state index contributed by atoms with van der Waals surface area (Å²) in [5, 5.41) is 7.96. The van der Waals surface area contributed by atoms with E-state index in [-0.39, 0.29) is 16.4 Å². The van der Waals surface area contributed by atoms with Gasteiger partial charge in [0.05, 0.1) is 16.6 Å². The van der Waals surface area contributed by atoms with Gasteiger partial charge in [0.1, 0.15) is 0 Å². The largest absolute Gasteiger partial charge is 0.325 e. The minimum absolute atomic E-state index is 0.0592. The molecule has 0 amide bonds. The van der Waals surface area contributed by atoms with Crippen LogP contribution in [-0.2, 0) is 10.8 Å². The highest BCUT2D eigenvalue weighted by Gasteiger charge is 2.24. The van der Waals surface area contributed by atoms with E-state index in [4.69, 9.17) is 0 Å². The van der Waals surface area contributed by atoms with Crippen LogP contribution in [0.5, 0.6) is 0 Å². The lowest BCUT2D eigenvalue weighted by Gasteiger charge is -2.19. The van der Waals surface area contributed by atoms with E-state index in [1.165, 1.54) is 0 Å². The van der Waals surface area contributed by atoms with Gasteiger partial charge in [-0.3, -0.25) is 9.89 Å². The smallest absolute Gasteiger partial charge is 0.259 e. The van der Waals surface area contributed by atoms with E-state index in [9.17, 15) is 4.79 Å². The van der Waals surface area contributed by atoms with Crippen molar-refractivity contribution < 1.29 is 0 Å². The molecule has 0 radical (unpaired) electrons. The molecule has 0 aromatic carbocycles. The third-order valence-corrected chi connectivity index (χ3v) is 3.08. The lowest BCUT2D eigenvalue weighted by molar-refractivity contribution is 0.566. The minimum Gasteiger partial charge on any atom is -0.325 e. The molecule has 18 heavy (non-hydrogen) atoms. The Bertz CT molecular complexity index is 636. The number of hydrogen-bond donors (Lipinski definition) is 2. The zero-order valence-electron chi connectivity index (χ0n) is 11.9. The van der Waals surface area contributed by atoms with Crippen LogP contribution < -0.4 is 5.56 Å². The van der Waals surface area contributed by atoms with Crippen LogP contribution in [0.4, 0.5) is 0 Å².